The molecule has 1 unspecified atom stereocenters. The van der Waals surface area contributed by atoms with Crippen LogP contribution in [0.5, 0.6) is 0 Å². The smallest absolute Gasteiger partial charge is 0.233 e. The molecule has 1 aromatic rings. The molecule has 1 rings (SSSR count). The lowest BCUT2D eigenvalue weighted by Crippen LogP contribution is -2.33. The van der Waals surface area contributed by atoms with E-state index >= 15 is 0 Å². The summed E-state index contributed by atoms with van der Waals surface area (Å²) in [5, 5.41) is 2.63. The highest BCUT2D eigenvalue weighted by Crippen LogP contribution is 2.12. The van der Waals surface area contributed by atoms with Crippen molar-refractivity contribution in [2.24, 2.45) is 5.92 Å². The lowest BCUT2D eigenvalue weighted by Gasteiger charge is -2.14. The molecule has 0 saturated heterocycles. The van der Waals surface area contributed by atoms with Crippen LogP contribution in [0.2, 0.25) is 0 Å². The molecule has 0 aliphatic carbocycles. The molecule has 0 aliphatic rings. The van der Waals surface area contributed by atoms with Crippen LogP contribution in [0.15, 0.2) is 28.7 Å². The molecule has 0 heterocycles. The fourth-order valence-electron chi connectivity index (χ4n) is 1.24. The van der Waals surface area contributed by atoms with Crippen molar-refractivity contribution in [1.29, 1.82) is 0 Å². The first-order valence-corrected chi connectivity index (χ1v) is 6.52. The zero-order valence-electron chi connectivity index (χ0n) is 9.40. The van der Waals surface area contributed by atoms with Gasteiger partial charge in [0.25, 0.3) is 0 Å². The molecule has 0 aliphatic heterocycles. The first-order valence-electron chi connectivity index (χ1n) is 5.21. The maximum absolute atomic E-state index is 11.6. The third-order valence-electron chi connectivity index (χ3n) is 2.26. The molecule has 0 aromatic heterocycles. The summed E-state index contributed by atoms with van der Waals surface area (Å²) in [7, 11) is 0. The molecule has 1 atom stereocenters. The molecule has 1 aromatic carbocycles. The number of nitrogens with one attached hydrogen (secondary N) is 1. The van der Waals surface area contributed by atoms with Gasteiger partial charge >= 0.3 is 0 Å². The van der Waals surface area contributed by atoms with Gasteiger partial charge in [-0.05, 0) is 23.6 Å². The molecule has 2 nitrogen and oxygen atoms in total. The van der Waals surface area contributed by atoms with E-state index < -0.39 is 0 Å². The molecule has 0 bridgehead atoms. The quantitative estimate of drug-likeness (QED) is 0.823. The van der Waals surface area contributed by atoms with Gasteiger partial charge in [0.15, 0.2) is 0 Å². The fraction of sp³-hybridized carbons (Fsp3) is 0.417. The van der Waals surface area contributed by atoms with E-state index in [4.69, 9.17) is 0 Å². The summed E-state index contributed by atoms with van der Waals surface area (Å²) < 4.78 is 1.02. The van der Waals surface area contributed by atoms with Gasteiger partial charge in [0.1, 0.15) is 0 Å². The largest absolute Gasteiger partial charge is 0.351 e. The molecule has 0 saturated carbocycles. The van der Waals surface area contributed by atoms with Crippen LogP contribution < -0.4 is 5.32 Å². The maximum Gasteiger partial charge on any atom is 0.233 e. The van der Waals surface area contributed by atoms with Crippen molar-refractivity contribution >= 4 is 34.5 Å². The van der Waals surface area contributed by atoms with Crippen LogP contribution >= 0.6 is 28.6 Å². The average molecular weight is 302 g/mol. The van der Waals surface area contributed by atoms with Gasteiger partial charge in [0, 0.05) is 11.0 Å². The lowest BCUT2D eigenvalue weighted by atomic mass is 10.1. The standard InChI is InChI=1S/C12H16BrNOS/c1-8(2)11(16)12(15)14-7-9-4-3-5-10(13)6-9/h3-6,8,11,16H,7H2,1-2H3,(H,14,15). The highest BCUT2D eigenvalue weighted by Gasteiger charge is 2.16. The van der Waals surface area contributed by atoms with Crippen molar-refractivity contribution in [3.63, 3.8) is 0 Å². The number of thiol groups is 1. The predicted molar refractivity (Wildman–Crippen MR) is 73.6 cm³/mol. The van der Waals surface area contributed by atoms with Gasteiger partial charge in [-0.1, -0.05) is 41.9 Å². The Morgan fingerprint density at radius 2 is 2.19 bits per heavy atom. The van der Waals surface area contributed by atoms with Crippen LogP contribution in [-0.4, -0.2) is 11.2 Å². The molecule has 16 heavy (non-hydrogen) atoms. The molecule has 0 radical (unpaired) electrons. The summed E-state index contributed by atoms with van der Waals surface area (Å²) in [6.45, 7) is 4.51. The number of rotatable bonds is 4. The van der Waals surface area contributed by atoms with Crippen LogP contribution in [-0.2, 0) is 11.3 Å². The fourth-order valence-corrected chi connectivity index (χ4v) is 1.78. The van der Waals surface area contributed by atoms with E-state index in [1.54, 1.807) is 0 Å². The third kappa shape index (κ3) is 4.18. The SMILES string of the molecule is CC(C)C(S)C(=O)NCc1cccc(Br)c1. The maximum atomic E-state index is 11.6. The Balaban J connectivity index is 2.49. The van der Waals surface area contributed by atoms with Crippen LogP contribution in [0.3, 0.4) is 0 Å². The molecule has 4 heteroatoms. The zero-order chi connectivity index (χ0) is 12.1. The van der Waals surface area contributed by atoms with Gasteiger partial charge in [-0.3, -0.25) is 4.79 Å². The topological polar surface area (TPSA) is 29.1 Å². The van der Waals surface area contributed by atoms with Gasteiger partial charge in [-0.15, -0.1) is 0 Å². The Hall–Kier alpha value is -0.480. The van der Waals surface area contributed by atoms with Crippen LogP contribution in [0.1, 0.15) is 19.4 Å². The van der Waals surface area contributed by atoms with Crippen molar-refractivity contribution in [3.05, 3.63) is 34.3 Å². The normalized spacial score (nSPS) is 12.6. The second-order valence-corrected chi connectivity index (χ2v) is 5.51. The van der Waals surface area contributed by atoms with E-state index in [0.717, 1.165) is 10.0 Å². The van der Waals surface area contributed by atoms with Crippen molar-refractivity contribution in [1.82, 2.24) is 5.32 Å². The Morgan fingerprint density at radius 3 is 2.75 bits per heavy atom. The summed E-state index contributed by atoms with van der Waals surface area (Å²) in [6, 6.07) is 7.88. The molecular weight excluding hydrogens is 286 g/mol. The Labute approximate surface area is 110 Å². The Morgan fingerprint density at radius 1 is 1.50 bits per heavy atom. The van der Waals surface area contributed by atoms with E-state index in [0.29, 0.717) is 6.54 Å². The van der Waals surface area contributed by atoms with Crippen LogP contribution in [0, 0.1) is 5.92 Å². The van der Waals surface area contributed by atoms with Crippen LogP contribution in [0.4, 0.5) is 0 Å². The molecule has 0 fully saturated rings. The number of hydrogen-bond acceptors (Lipinski definition) is 2. The van der Waals surface area contributed by atoms with E-state index in [1.807, 2.05) is 38.1 Å². The van der Waals surface area contributed by atoms with E-state index in [9.17, 15) is 4.79 Å². The van der Waals surface area contributed by atoms with Crippen molar-refractivity contribution in [2.45, 2.75) is 25.6 Å². The molecule has 0 spiro atoms. The first kappa shape index (κ1) is 13.6. The van der Waals surface area contributed by atoms with Gasteiger partial charge in [-0.2, -0.15) is 12.6 Å². The number of hydrogen-bond donors (Lipinski definition) is 2. The third-order valence-corrected chi connectivity index (χ3v) is 3.58. The summed E-state index contributed by atoms with van der Waals surface area (Å²) >= 11 is 7.66. The minimum Gasteiger partial charge on any atom is -0.351 e. The molecule has 88 valence electrons. The monoisotopic (exact) mass is 301 g/mol. The van der Waals surface area contributed by atoms with Crippen molar-refractivity contribution < 1.29 is 4.79 Å². The van der Waals surface area contributed by atoms with Crippen molar-refractivity contribution in [3.8, 4) is 0 Å². The minimum absolute atomic E-state index is 0.0155. The number of benzene rings is 1. The summed E-state index contributed by atoms with van der Waals surface area (Å²) in [4.78, 5) is 11.6. The number of halogens is 1. The number of amides is 1. The Bertz CT molecular complexity index is 368. The minimum atomic E-state index is -0.243. The van der Waals surface area contributed by atoms with E-state index in [2.05, 4.69) is 33.9 Å². The van der Waals surface area contributed by atoms with Crippen LogP contribution in [0.25, 0.3) is 0 Å². The summed E-state index contributed by atoms with van der Waals surface area (Å²) in [5.74, 6) is 0.226. The van der Waals surface area contributed by atoms with Gasteiger partial charge in [0.2, 0.25) is 5.91 Å². The van der Waals surface area contributed by atoms with E-state index in [-0.39, 0.29) is 17.1 Å². The molecular formula is C12H16BrNOS. The van der Waals surface area contributed by atoms with E-state index in [1.165, 1.54) is 0 Å². The van der Waals surface area contributed by atoms with Crippen molar-refractivity contribution in [2.75, 3.05) is 0 Å². The predicted octanol–water partition coefficient (Wildman–Crippen LogP) is 3.02. The second-order valence-electron chi connectivity index (χ2n) is 4.04. The summed E-state index contributed by atoms with van der Waals surface area (Å²) in [5.41, 5.74) is 1.08. The second kappa shape index (κ2) is 6.30. The van der Waals surface area contributed by atoms with Gasteiger partial charge in [0.05, 0.1) is 5.25 Å². The highest BCUT2D eigenvalue weighted by atomic mass is 79.9. The first-order chi connectivity index (χ1) is 7.50. The number of carbonyl (C=O) groups is 1. The zero-order valence-corrected chi connectivity index (χ0v) is 11.9. The molecule has 1 N–H and O–H groups in total. The average Bonchev–Trinajstić information content (AvgIpc) is 2.24. The van der Waals surface area contributed by atoms with Gasteiger partial charge in [-0.25, -0.2) is 0 Å². The number of carbonyl (C=O) groups excluding carboxylic acids is 1. The Kier molecular flexibility index (Phi) is 5.35. The molecule has 1 amide bonds. The lowest BCUT2D eigenvalue weighted by molar-refractivity contribution is -0.121. The summed E-state index contributed by atoms with van der Waals surface area (Å²) in [6.07, 6.45) is 0. The van der Waals surface area contributed by atoms with Gasteiger partial charge < -0.3 is 5.32 Å². The highest BCUT2D eigenvalue weighted by molar-refractivity contribution is 9.10.